The Morgan fingerprint density at radius 2 is 1.94 bits per heavy atom. The van der Waals surface area contributed by atoms with E-state index >= 15 is 0 Å². The van der Waals surface area contributed by atoms with Gasteiger partial charge in [0.05, 0.1) is 17.9 Å². The predicted molar refractivity (Wildman–Crippen MR) is 143 cm³/mol. The van der Waals surface area contributed by atoms with Crippen LogP contribution in [0.3, 0.4) is 0 Å². The lowest BCUT2D eigenvalue weighted by Gasteiger charge is -2.17. The predicted octanol–water partition coefficient (Wildman–Crippen LogP) is 7.94. The zero-order valence-corrected chi connectivity index (χ0v) is 20.1. The number of aromatic amines is 1. The van der Waals surface area contributed by atoms with Gasteiger partial charge in [0, 0.05) is 11.3 Å². The normalized spacial score (nSPS) is 12.3. The summed E-state index contributed by atoms with van der Waals surface area (Å²) in [7, 11) is 0. The van der Waals surface area contributed by atoms with Crippen LogP contribution in [0.1, 0.15) is 60.3 Å². The van der Waals surface area contributed by atoms with E-state index in [-0.39, 0.29) is 6.04 Å². The zero-order valence-electron chi connectivity index (χ0n) is 20.1. The Hall–Kier alpha value is -3.59. The molecule has 1 heterocycles. The third-order valence-electron chi connectivity index (χ3n) is 5.65. The Balaban J connectivity index is 1.81. The first-order valence-electron chi connectivity index (χ1n) is 11.6. The molecule has 1 unspecified atom stereocenters. The molecule has 0 spiro atoms. The Bertz CT molecular complexity index is 1150. The van der Waals surface area contributed by atoms with Crippen molar-refractivity contribution in [1.82, 2.24) is 15.3 Å². The molecule has 2 N–H and O–H groups in total. The lowest BCUT2D eigenvalue weighted by Crippen LogP contribution is -2.20. The SMILES string of the molecule is C=Cc1ccccc1-c1cnc(C(C/C=C/CCC)NC(=C)/C=C/c2cc(C)ccc2C)[nH]1. The third-order valence-corrected chi connectivity index (χ3v) is 5.65. The fourth-order valence-corrected chi connectivity index (χ4v) is 3.73. The van der Waals surface area contributed by atoms with Crippen molar-refractivity contribution in [3.05, 3.63) is 114 Å². The maximum absolute atomic E-state index is 4.71. The lowest BCUT2D eigenvalue weighted by molar-refractivity contribution is 0.584. The third kappa shape index (κ3) is 6.69. The first kappa shape index (κ1) is 24.1. The minimum atomic E-state index is -0.00138. The summed E-state index contributed by atoms with van der Waals surface area (Å²) in [6.07, 6.45) is 15.4. The fraction of sp³-hybridized carbons (Fsp3) is 0.233. The molecule has 3 aromatic rings. The number of H-pyrrole nitrogens is 1. The molecule has 0 aliphatic rings. The second-order valence-corrected chi connectivity index (χ2v) is 8.38. The summed E-state index contributed by atoms with van der Waals surface area (Å²) in [5.41, 5.74) is 7.73. The summed E-state index contributed by atoms with van der Waals surface area (Å²) in [4.78, 5) is 8.23. The number of aromatic nitrogens is 2. The van der Waals surface area contributed by atoms with E-state index in [2.05, 4.69) is 92.8 Å². The molecule has 0 saturated heterocycles. The summed E-state index contributed by atoms with van der Waals surface area (Å²) < 4.78 is 0. The van der Waals surface area contributed by atoms with Gasteiger partial charge in [-0.05, 0) is 49.5 Å². The topological polar surface area (TPSA) is 40.7 Å². The van der Waals surface area contributed by atoms with Crippen LogP contribution in [0.4, 0.5) is 0 Å². The van der Waals surface area contributed by atoms with Crippen LogP contribution < -0.4 is 5.32 Å². The van der Waals surface area contributed by atoms with Gasteiger partial charge in [-0.15, -0.1) is 0 Å². The van der Waals surface area contributed by atoms with Crippen molar-refractivity contribution >= 4 is 12.2 Å². The van der Waals surface area contributed by atoms with Crippen LogP contribution in [-0.2, 0) is 0 Å². The van der Waals surface area contributed by atoms with Gasteiger partial charge >= 0.3 is 0 Å². The summed E-state index contributed by atoms with van der Waals surface area (Å²) in [5, 5.41) is 3.56. The average Bonchev–Trinajstić information content (AvgIpc) is 3.31. The fourth-order valence-electron chi connectivity index (χ4n) is 3.73. The molecule has 33 heavy (non-hydrogen) atoms. The number of allylic oxidation sites excluding steroid dienone is 2. The summed E-state index contributed by atoms with van der Waals surface area (Å²) in [6.45, 7) is 14.6. The summed E-state index contributed by atoms with van der Waals surface area (Å²) in [5.74, 6) is 0.895. The highest BCUT2D eigenvalue weighted by molar-refractivity contribution is 5.72. The average molecular weight is 438 g/mol. The van der Waals surface area contributed by atoms with Crippen molar-refractivity contribution in [1.29, 1.82) is 0 Å². The van der Waals surface area contributed by atoms with E-state index in [1.165, 1.54) is 16.7 Å². The van der Waals surface area contributed by atoms with Gasteiger partial charge in [-0.25, -0.2) is 4.98 Å². The van der Waals surface area contributed by atoms with Crippen molar-refractivity contribution in [2.75, 3.05) is 0 Å². The number of imidazole rings is 1. The highest BCUT2D eigenvalue weighted by atomic mass is 15.0. The standard InChI is InChI=1S/C30H35N3/c1-6-8-9-10-15-28(32-24(5)18-19-26-20-22(3)16-17-23(26)4)30-31-21-29(33-30)27-14-12-11-13-25(27)7-2/h7,9-14,16-21,28,32H,2,5-6,8,15H2,1,3-4H3,(H,31,33)/b10-9+,19-18+. The Kier molecular flexibility index (Phi) is 8.65. The highest BCUT2D eigenvalue weighted by Gasteiger charge is 2.15. The molecule has 3 rings (SSSR count). The van der Waals surface area contributed by atoms with Gasteiger partial charge in [0.2, 0.25) is 0 Å². The van der Waals surface area contributed by atoms with Gasteiger partial charge in [-0.1, -0.05) is 98.8 Å². The summed E-state index contributed by atoms with van der Waals surface area (Å²) in [6, 6.07) is 14.7. The van der Waals surface area contributed by atoms with Crippen LogP contribution in [0.2, 0.25) is 0 Å². The van der Waals surface area contributed by atoms with Gasteiger partial charge in [-0.2, -0.15) is 0 Å². The first-order valence-corrected chi connectivity index (χ1v) is 11.6. The molecule has 1 atom stereocenters. The van der Waals surface area contributed by atoms with Crippen molar-refractivity contribution in [2.45, 2.75) is 46.1 Å². The molecule has 0 fully saturated rings. The first-order chi connectivity index (χ1) is 16.0. The van der Waals surface area contributed by atoms with E-state index in [9.17, 15) is 0 Å². The van der Waals surface area contributed by atoms with Crippen LogP contribution >= 0.6 is 0 Å². The van der Waals surface area contributed by atoms with Crippen molar-refractivity contribution in [2.24, 2.45) is 0 Å². The molecule has 0 amide bonds. The number of hydrogen-bond acceptors (Lipinski definition) is 2. The number of benzene rings is 2. The number of aryl methyl sites for hydroxylation is 2. The van der Waals surface area contributed by atoms with Crippen LogP contribution in [0.5, 0.6) is 0 Å². The van der Waals surface area contributed by atoms with Gasteiger partial charge in [-0.3, -0.25) is 0 Å². The second kappa shape index (κ2) is 11.9. The maximum Gasteiger partial charge on any atom is 0.129 e. The molecular formula is C30H35N3. The number of nitrogens with zero attached hydrogens (tertiary/aromatic N) is 1. The number of rotatable bonds is 11. The zero-order chi connectivity index (χ0) is 23.6. The van der Waals surface area contributed by atoms with Gasteiger partial charge in [0.15, 0.2) is 0 Å². The van der Waals surface area contributed by atoms with Crippen LogP contribution in [0.25, 0.3) is 23.4 Å². The Morgan fingerprint density at radius 3 is 2.73 bits per heavy atom. The van der Waals surface area contributed by atoms with E-state index < -0.39 is 0 Å². The smallest absolute Gasteiger partial charge is 0.129 e. The van der Waals surface area contributed by atoms with Crippen LogP contribution in [0.15, 0.2) is 85.7 Å². The molecule has 2 aromatic carbocycles. The highest BCUT2D eigenvalue weighted by Crippen LogP contribution is 2.25. The molecule has 3 heteroatoms. The number of hydrogen-bond donors (Lipinski definition) is 2. The Labute approximate surface area is 198 Å². The quantitative estimate of drug-likeness (QED) is 0.236. The summed E-state index contributed by atoms with van der Waals surface area (Å²) >= 11 is 0. The largest absolute Gasteiger partial charge is 0.375 e. The number of nitrogens with one attached hydrogen (secondary N) is 2. The van der Waals surface area contributed by atoms with E-state index in [1.807, 2.05) is 30.5 Å². The van der Waals surface area contributed by atoms with E-state index in [0.717, 1.165) is 47.6 Å². The van der Waals surface area contributed by atoms with Gasteiger partial charge in [0.1, 0.15) is 5.82 Å². The van der Waals surface area contributed by atoms with Crippen molar-refractivity contribution in [3.8, 4) is 11.3 Å². The van der Waals surface area contributed by atoms with Gasteiger partial charge < -0.3 is 10.3 Å². The maximum atomic E-state index is 4.71. The van der Waals surface area contributed by atoms with E-state index in [4.69, 9.17) is 4.98 Å². The molecule has 170 valence electrons. The molecular weight excluding hydrogens is 402 g/mol. The van der Waals surface area contributed by atoms with E-state index in [1.54, 1.807) is 0 Å². The van der Waals surface area contributed by atoms with Crippen molar-refractivity contribution < 1.29 is 0 Å². The minimum absolute atomic E-state index is 0.00138. The molecule has 0 aliphatic heterocycles. The van der Waals surface area contributed by atoms with E-state index in [0.29, 0.717) is 0 Å². The molecule has 0 saturated carbocycles. The van der Waals surface area contributed by atoms with Crippen LogP contribution in [-0.4, -0.2) is 9.97 Å². The molecule has 3 nitrogen and oxygen atoms in total. The second-order valence-electron chi connectivity index (χ2n) is 8.38. The molecule has 0 radical (unpaired) electrons. The molecule has 0 aliphatic carbocycles. The van der Waals surface area contributed by atoms with Crippen LogP contribution in [0, 0.1) is 13.8 Å². The minimum Gasteiger partial charge on any atom is -0.375 e. The number of unbranched alkanes of at least 4 members (excludes halogenated alkanes) is 1. The Morgan fingerprint density at radius 1 is 1.12 bits per heavy atom. The molecule has 0 bridgehead atoms. The lowest BCUT2D eigenvalue weighted by atomic mass is 10.0. The van der Waals surface area contributed by atoms with Gasteiger partial charge in [0.25, 0.3) is 0 Å². The van der Waals surface area contributed by atoms with Crippen molar-refractivity contribution in [3.63, 3.8) is 0 Å². The molecule has 1 aromatic heterocycles. The monoisotopic (exact) mass is 437 g/mol.